The molecule has 0 heterocycles. The van der Waals surface area contributed by atoms with Gasteiger partial charge < -0.3 is 5.11 Å². The summed E-state index contributed by atoms with van der Waals surface area (Å²) in [5.74, 6) is -1.32. The summed E-state index contributed by atoms with van der Waals surface area (Å²) in [4.78, 5) is 45.8. The van der Waals surface area contributed by atoms with Gasteiger partial charge in [0, 0.05) is 16.9 Å². The first kappa shape index (κ1) is 30.6. The zero-order valence-electron chi connectivity index (χ0n) is 26.8. The summed E-state index contributed by atoms with van der Waals surface area (Å²) >= 11 is 0. The molecule has 6 rings (SSSR count). The molecule has 0 radical (unpaired) electrons. The molecule has 4 heteroatoms. The number of carbonyl (C=O) groups is 3. The summed E-state index contributed by atoms with van der Waals surface area (Å²) in [6, 6.07) is 9.01. The van der Waals surface area contributed by atoms with Crippen molar-refractivity contribution < 1.29 is 19.5 Å². The summed E-state index contributed by atoms with van der Waals surface area (Å²) in [6.07, 6.45) is 11.0. The summed E-state index contributed by atoms with van der Waals surface area (Å²) < 4.78 is 0. The third-order valence-corrected chi connectivity index (χ3v) is 11.2. The van der Waals surface area contributed by atoms with Crippen molar-refractivity contribution in [2.45, 2.75) is 99.5 Å². The zero-order chi connectivity index (χ0) is 30.9. The maximum Gasteiger partial charge on any atom is 0.180 e. The first-order valence-corrected chi connectivity index (χ1v) is 15.6. The van der Waals surface area contributed by atoms with Crippen LogP contribution >= 0.6 is 0 Å². The van der Waals surface area contributed by atoms with Crippen molar-refractivity contribution in [3.05, 3.63) is 82.5 Å². The lowest BCUT2D eigenvalue weighted by Crippen LogP contribution is -2.81. The second kappa shape index (κ2) is 10.1. The Morgan fingerprint density at radius 1 is 0.810 bits per heavy atom. The van der Waals surface area contributed by atoms with Gasteiger partial charge in [0.1, 0.15) is 11.0 Å². The molecule has 42 heavy (non-hydrogen) atoms. The van der Waals surface area contributed by atoms with Crippen LogP contribution in [0.5, 0.6) is 0 Å². The number of ketones is 3. The highest BCUT2D eigenvalue weighted by atomic mass is 16.3. The summed E-state index contributed by atoms with van der Waals surface area (Å²) in [5, 5.41) is 13.7. The third-order valence-electron chi connectivity index (χ3n) is 11.2. The van der Waals surface area contributed by atoms with Gasteiger partial charge in [-0.1, -0.05) is 76.9 Å². The Labute approximate surface area is 252 Å². The third kappa shape index (κ3) is 3.66. The average Bonchev–Trinajstić information content (AvgIpc) is 3.18. The highest BCUT2D eigenvalue weighted by Gasteiger charge is 2.96. The quantitative estimate of drug-likeness (QED) is 0.185. The lowest BCUT2D eigenvalue weighted by molar-refractivity contribution is -0.238. The number of aliphatic hydroxyl groups is 1. The van der Waals surface area contributed by atoms with Crippen molar-refractivity contribution >= 4 is 17.3 Å². The largest absolute Gasteiger partial charge is 0.387 e. The highest BCUT2D eigenvalue weighted by molar-refractivity contribution is 6.28. The predicted octanol–water partition coefficient (Wildman–Crippen LogP) is 8.18. The Morgan fingerprint density at radius 3 is 1.98 bits per heavy atom. The fourth-order valence-electron chi connectivity index (χ4n) is 9.87. The van der Waals surface area contributed by atoms with E-state index in [1.807, 2.05) is 65.8 Å². The second-order valence-electron chi connectivity index (χ2n) is 14.8. The van der Waals surface area contributed by atoms with Gasteiger partial charge in [-0.25, -0.2) is 0 Å². The average molecular weight is 569 g/mol. The monoisotopic (exact) mass is 568 g/mol. The molecule has 0 spiro atoms. The molecular weight excluding hydrogens is 520 g/mol. The minimum Gasteiger partial charge on any atom is -0.387 e. The Bertz CT molecular complexity index is 1440. The van der Waals surface area contributed by atoms with Gasteiger partial charge in [-0.3, -0.25) is 14.4 Å². The van der Waals surface area contributed by atoms with Crippen LogP contribution in [0.4, 0.5) is 0 Å². The molecule has 5 aliphatic carbocycles. The molecule has 7 atom stereocenters. The molecule has 1 aromatic rings. The van der Waals surface area contributed by atoms with Crippen LogP contribution in [-0.4, -0.2) is 28.1 Å². The Hall–Kier alpha value is -2.85. The number of benzene rings is 1. The molecule has 5 fully saturated rings. The van der Waals surface area contributed by atoms with E-state index in [1.165, 1.54) is 5.57 Å². The molecule has 0 aliphatic heterocycles. The van der Waals surface area contributed by atoms with Gasteiger partial charge in [0.15, 0.2) is 17.3 Å². The molecule has 0 unspecified atom stereocenters. The number of hydrogen-bond acceptors (Lipinski definition) is 4. The van der Waals surface area contributed by atoms with E-state index in [-0.39, 0.29) is 29.7 Å². The van der Waals surface area contributed by atoms with Gasteiger partial charge in [-0.05, 0) is 99.8 Å². The van der Waals surface area contributed by atoms with Crippen molar-refractivity contribution in [3.63, 3.8) is 0 Å². The second-order valence-corrected chi connectivity index (χ2v) is 14.8. The number of allylic oxidation sites excluding steroid dienone is 8. The van der Waals surface area contributed by atoms with E-state index >= 15 is 14.4 Å². The smallest absolute Gasteiger partial charge is 0.180 e. The predicted molar refractivity (Wildman–Crippen MR) is 168 cm³/mol. The van der Waals surface area contributed by atoms with Crippen LogP contribution in [0.1, 0.15) is 104 Å². The summed E-state index contributed by atoms with van der Waals surface area (Å²) in [7, 11) is 0. The fourth-order valence-corrected chi connectivity index (χ4v) is 9.87. The number of carbonyl (C=O) groups excluding carboxylic acids is 3. The fraction of sp³-hybridized carbons (Fsp3) is 0.553. The minimum atomic E-state index is -1.79. The molecule has 224 valence electrons. The molecule has 5 saturated carbocycles. The van der Waals surface area contributed by atoms with E-state index in [4.69, 9.17) is 0 Å². The van der Waals surface area contributed by atoms with Gasteiger partial charge >= 0.3 is 0 Å². The molecule has 0 aromatic heterocycles. The molecular formula is C38H48O4. The maximum absolute atomic E-state index is 15.4. The zero-order valence-corrected chi connectivity index (χ0v) is 26.8. The van der Waals surface area contributed by atoms with Crippen molar-refractivity contribution in [2.24, 2.45) is 33.5 Å². The molecule has 1 aromatic carbocycles. The lowest BCUT2D eigenvalue weighted by atomic mass is 9.34. The van der Waals surface area contributed by atoms with E-state index in [0.29, 0.717) is 31.2 Å². The van der Waals surface area contributed by atoms with Crippen molar-refractivity contribution in [1.82, 2.24) is 0 Å². The van der Waals surface area contributed by atoms with Gasteiger partial charge in [-0.15, -0.1) is 0 Å². The van der Waals surface area contributed by atoms with Crippen LogP contribution in [-0.2, 0) is 9.59 Å². The Balaban J connectivity index is 1.93. The van der Waals surface area contributed by atoms with Crippen LogP contribution in [0.25, 0.3) is 0 Å². The Morgan fingerprint density at radius 2 is 1.40 bits per heavy atom. The van der Waals surface area contributed by atoms with E-state index in [9.17, 15) is 5.11 Å². The van der Waals surface area contributed by atoms with Crippen LogP contribution in [0, 0.1) is 33.5 Å². The molecule has 5 bridgehead atoms. The molecule has 1 N–H and O–H groups in total. The normalized spacial score (nSPS) is 37.4. The topological polar surface area (TPSA) is 71.4 Å². The SMILES string of the molecule is CC(C)=CC[C@H]1C[C@]2(CC=C(C)C)C(=O)[C@]3(CC=C(C)C)C[C@@]14C[C@@H](C=C(C)C)[C@@](C(=O)c1ccccc1)(C3=O)[C@@]24O. The van der Waals surface area contributed by atoms with Crippen LogP contribution in [0.2, 0.25) is 0 Å². The van der Waals surface area contributed by atoms with Crippen molar-refractivity contribution in [2.75, 3.05) is 0 Å². The maximum atomic E-state index is 15.4. The highest BCUT2D eigenvalue weighted by Crippen LogP contribution is 2.87. The first-order chi connectivity index (χ1) is 19.7. The molecule has 0 amide bonds. The summed E-state index contributed by atoms with van der Waals surface area (Å²) in [6.45, 7) is 16.1. The van der Waals surface area contributed by atoms with Crippen LogP contribution in [0.3, 0.4) is 0 Å². The van der Waals surface area contributed by atoms with E-state index in [1.54, 1.807) is 12.1 Å². The van der Waals surface area contributed by atoms with E-state index in [0.717, 1.165) is 23.1 Å². The van der Waals surface area contributed by atoms with Crippen LogP contribution in [0.15, 0.2) is 76.9 Å². The molecule has 4 nitrogen and oxygen atoms in total. The van der Waals surface area contributed by atoms with E-state index < -0.39 is 33.2 Å². The number of hydrogen-bond donors (Lipinski definition) is 1. The first-order valence-electron chi connectivity index (χ1n) is 15.6. The minimum absolute atomic E-state index is 0.0212. The van der Waals surface area contributed by atoms with Gasteiger partial charge in [-0.2, -0.15) is 0 Å². The summed E-state index contributed by atoms with van der Waals surface area (Å²) in [5.41, 5.74) is -2.10. The number of Topliss-reactive ketones (excluding diaryl/α,β-unsaturated/α-hetero) is 3. The standard InChI is InChI=1S/C38H48O4/c1-24(2)14-15-29-21-35(19-17-26(5)6)32(40)34(18-16-25(3)4)23-36(29)22-30(20-27(7)8)37(33(34)41,38(35,36)42)31(39)28-12-10-9-11-13-28/h9-14,16-17,20,29-30,42H,15,18-19,21-23H2,1-8H3/t29-,30+,34-,35+,36-,37+,38+/m0/s1. The van der Waals surface area contributed by atoms with Crippen molar-refractivity contribution in [1.29, 1.82) is 0 Å². The van der Waals surface area contributed by atoms with Crippen molar-refractivity contribution in [3.8, 4) is 0 Å². The molecule has 5 aliphatic rings. The molecule has 0 saturated heterocycles. The van der Waals surface area contributed by atoms with Gasteiger partial charge in [0.05, 0.1) is 10.8 Å². The van der Waals surface area contributed by atoms with E-state index in [2.05, 4.69) is 32.1 Å². The van der Waals surface area contributed by atoms with Gasteiger partial charge in [0.2, 0.25) is 0 Å². The van der Waals surface area contributed by atoms with Crippen LogP contribution < -0.4 is 0 Å². The van der Waals surface area contributed by atoms with Gasteiger partial charge in [0.25, 0.3) is 0 Å². The Kier molecular flexibility index (Phi) is 7.37. The number of rotatable bonds is 9. The lowest BCUT2D eigenvalue weighted by Gasteiger charge is -2.67.